The average molecular weight is 386 g/mol. The van der Waals surface area contributed by atoms with Crippen molar-refractivity contribution in [1.29, 1.82) is 0 Å². The Hall–Kier alpha value is -2.56. The number of carbonyl (C=O) groups excluding carboxylic acids is 1. The first-order chi connectivity index (χ1) is 12.7. The Kier molecular flexibility index (Phi) is 5.40. The number of nitrogens with zero attached hydrogens (tertiary/aromatic N) is 6. The van der Waals surface area contributed by atoms with Gasteiger partial charge >= 0.3 is 6.18 Å². The van der Waals surface area contributed by atoms with Crippen molar-refractivity contribution in [2.45, 2.75) is 26.2 Å². The fraction of sp³-hybridized carbons (Fsp3) is 0.500. The summed E-state index contributed by atoms with van der Waals surface area (Å²) in [6.45, 7) is 2.36. The number of ketones is 1. The number of piperazine rings is 1. The normalized spacial score (nSPS) is 16.0. The van der Waals surface area contributed by atoms with E-state index in [2.05, 4.69) is 15.5 Å². The number of hydrogen-bond acceptors (Lipinski definition) is 6. The van der Waals surface area contributed by atoms with Gasteiger partial charge in [-0.15, -0.1) is 5.10 Å². The second kappa shape index (κ2) is 7.59. The van der Waals surface area contributed by atoms with Crippen LogP contribution in [0.15, 0.2) is 18.2 Å². The molecule has 0 aliphatic carbocycles. The molecule has 0 atom stereocenters. The molecule has 11 heteroatoms. The van der Waals surface area contributed by atoms with E-state index in [1.165, 1.54) is 13.0 Å². The zero-order chi connectivity index (χ0) is 19.6. The molecular weight excluding hydrogens is 368 g/mol. The van der Waals surface area contributed by atoms with Crippen LogP contribution in [-0.2, 0) is 13.1 Å². The van der Waals surface area contributed by atoms with Crippen LogP contribution in [0.4, 0.5) is 23.2 Å². The number of halogens is 4. The summed E-state index contributed by atoms with van der Waals surface area (Å²) in [6, 6.07) is 4.37. The number of rotatable bonds is 5. The molecule has 3 rings (SSSR count). The Morgan fingerprint density at radius 3 is 2.48 bits per heavy atom. The summed E-state index contributed by atoms with van der Waals surface area (Å²) in [4.78, 5) is 15.1. The fourth-order valence-corrected chi connectivity index (χ4v) is 2.96. The second-order valence-electron chi connectivity index (χ2n) is 6.35. The molecule has 1 saturated heterocycles. The van der Waals surface area contributed by atoms with Gasteiger partial charge in [-0.05, 0) is 35.5 Å². The Morgan fingerprint density at radius 2 is 1.89 bits per heavy atom. The van der Waals surface area contributed by atoms with Crippen molar-refractivity contribution in [3.63, 3.8) is 0 Å². The molecule has 2 aromatic rings. The number of anilines is 1. The fourth-order valence-electron chi connectivity index (χ4n) is 2.96. The van der Waals surface area contributed by atoms with Crippen molar-refractivity contribution >= 4 is 11.5 Å². The summed E-state index contributed by atoms with van der Waals surface area (Å²) in [5.74, 6) is -0.537. The molecule has 1 aliphatic heterocycles. The van der Waals surface area contributed by atoms with Crippen LogP contribution < -0.4 is 4.90 Å². The van der Waals surface area contributed by atoms with Gasteiger partial charge in [0, 0.05) is 31.7 Å². The molecule has 0 N–H and O–H groups in total. The topological polar surface area (TPSA) is 67.2 Å². The third kappa shape index (κ3) is 4.79. The van der Waals surface area contributed by atoms with E-state index in [1.807, 2.05) is 9.80 Å². The van der Waals surface area contributed by atoms with Gasteiger partial charge < -0.3 is 4.90 Å². The third-order valence-corrected chi connectivity index (χ3v) is 4.37. The molecule has 0 unspecified atom stereocenters. The highest BCUT2D eigenvalue weighted by Gasteiger charge is 2.31. The number of tetrazole rings is 1. The van der Waals surface area contributed by atoms with Crippen molar-refractivity contribution < 1.29 is 22.4 Å². The summed E-state index contributed by atoms with van der Waals surface area (Å²) in [7, 11) is 0. The lowest BCUT2D eigenvalue weighted by atomic mass is 10.1. The van der Waals surface area contributed by atoms with E-state index < -0.39 is 18.5 Å². The van der Waals surface area contributed by atoms with Gasteiger partial charge in [-0.3, -0.25) is 9.69 Å². The first-order valence-electron chi connectivity index (χ1n) is 8.32. The average Bonchev–Trinajstić information content (AvgIpc) is 3.00. The lowest BCUT2D eigenvalue weighted by Gasteiger charge is -2.36. The maximum absolute atomic E-state index is 14.3. The van der Waals surface area contributed by atoms with E-state index in [-0.39, 0.29) is 18.2 Å². The van der Waals surface area contributed by atoms with Gasteiger partial charge in [-0.25, -0.2) is 9.07 Å². The number of benzene rings is 1. The summed E-state index contributed by atoms with van der Waals surface area (Å²) >= 11 is 0. The predicted molar refractivity (Wildman–Crippen MR) is 87.8 cm³/mol. The SMILES string of the molecule is CC(=O)c1ccc(N2CCN(Cc3nnnn3CC(F)(F)F)CC2)c(F)c1. The summed E-state index contributed by atoms with van der Waals surface area (Å²) < 4.78 is 52.6. The molecule has 0 spiro atoms. The molecule has 1 fully saturated rings. The molecule has 2 heterocycles. The maximum Gasteiger partial charge on any atom is 0.408 e. The lowest BCUT2D eigenvalue weighted by molar-refractivity contribution is -0.143. The van der Waals surface area contributed by atoms with E-state index in [9.17, 15) is 22.4 Å². The Bertz CT molecular complexity index is 813. The minimum Gasteiger partial charge on any atom is -0.367 e. The summed E-state index contributed by atoms with van der Waals surface area (Å²) in [5, 5.41) is 10.4. The molecule has 0 amide bonds. The van der Waals surface area contributed by atoms with E-state index >= 15 is 0 Å². The number of aromatic nitrogens is 4. The van der Waals surface area contributed by atoms with Crippen molar-refractivity contribution in [2.24, 2.45) is 0 Å². The van der Waals surface area contributed by atoms with Crippen molar-refractivity contribution in [2.75, 3.05) is 31.1 Å². The van der Waals surface area contributed by atoms with E-state index in [0.717, 1.165) is 4.68 Å². The second-order valence-corrected chi connectivity index (χ2v) is 6.35. The van der Waals surface area contributed by atoms with Gasteiger partial charge in [0.2, 0.25) is 0 Å². The van der Waals surface area contributed by atoms with Crippen LogP contribution in [0.2, 0.25) is 0 Å². The molecule has 1 aromatic heterocycles. The van der Waals surface area contributed by atoms with Crippen molar-refractivity contribution in [3.05, 3.63) is 35.4 Å². The molecule has 0 radical (unpaired) electrons. The number of hydrogen-bond donors (Lipinski definition) is 0. The lowest BCUT2D eigenvalue weighted by Crippen LogP contribution is -2.46. The standard InChI is InChI=1S/C16H18F4N6O/c1-11(27)12-2-3-14(13(17)8-12)25-6-4-24(5-7-25)9-15-21-22-23-26(15)10-16(18,19)20/h2-3,8H,4-7,9-10H2,1H3. The molecular formula is C16H18F4N6O. The van der Waals surface area contributed by atoms with E-state index in [0.29, 0.717) is 37.4 Å². The highest BCUT2D eigenvalue weighted by atomic mass is 19.4. The Labute approximate surface area is 152 Å². The minimum absolute atomic E-state index is 0.137. The molecule has 0 bridgehead atoms. The van der Waals surface area contributed by atoms with Gasteiger partial charge in [0.15, 0.2) is 11.6 Å². The van der Waals surface area contributed by atoms with Crippen LogP contribution in [0.1, 0.15) is 23.1 Å². The first-order valence-corrected chi connectivity index (χ1v) is 8.32. The Morgan fingerprint density at radius 1 is 1.19 bits per heavy atom. The maximum atomic E-state index is 14.3. The highest BCUT2D eigenvalue weighted by Crippen LogP contribution is 2.23. The van der Waals surface area contributed by atoms with Crippen LogP contribution in [0.5, 0.6) is 0 Å². The Balaban J connectivity index is 1.60. The molecule has 0 saturated carbocycles. The van der Waals surface area contributed by atoms with Gasteiger partial charge in [-0.2, -0.15) is 13.2 Å². The van der Waals surface area contributed by atoms with Gasteiger partial charge in [0.05, 0.1) is 12.2 Å². The summed E-state index contributed by atoms with van der Waals surface area (Å²) in [6.07, 6.45) is -4.40. The van der Waals surface area contributed by atoms with Crippen LogP contribution in [0.3, 0.4) is 0 Å². The van der Waals surface area contributed by atoms with E-state index in [4.69, 9.17) is 0 Å². The molecule has 27 heavy (non-hydrogen) atoms. The molecule has 146 valence electrons. The quantitative estimate of drug-likeness (QED) is 0.578. The van der Waals surface area contributed by atoms with Crippen LogP contribution in [0.25, 0.3) is 0 Å². The van der Waals surface area contributed by atoms with Crippen LogP contribution in [0, 0.1) is 5.82 Å². The largest absolute Gasteiger partial charge is 0.408 e. The molecule has 1 aromatic carbocycles. The zero-order valence-corrected chi connectivity index (χ0v) is 14.6. The minimum atomic E-state index is -4.40. The van der Waals surface area contributed by atoms with Crippen molar-refractivity contribution in [1.82, 2.24) is 25.1 Å². The van der Waals surface area contributed by atoms with Crippen LogP contribution >= 0.6 is 0 Å². The van der Waals surface area contributed by atoms with Crippen LogP contribution in [-0.4, -0.2) is 63.2 Å². The predicted octanol–water partition coefficient (Wildman–Crippen LogP) is 1.90. The van der Waals surface area contributed by atoms with Crippen molar-refractivity contribution in [3.8, 4) is 0 Å². The molecule has 1 aliphatic rings. The van der Waals surface area contributed by atoms with Gasteiger partial charge in [-0.1, -0.05) is 0 Å². The highest BCUT2D eigenvalue weighted by molar-refractivity contribution is 5.94. The van der Waals surface area contributed by atoms with Gasteiger partial charge in [0.1, 0.15) is 12.4 Å². The molecule has 7 nitrogen and oxygen atoms in total. The number of alkyl halides is 3. The third-order valence-electron chi connectivity index (χ3n) is 4.37. The van der Waals surface area contributed by atoms with E-state index in [1.54, 1.807) is 12.1 Å². The zero-order valence-electron chi connectivity index (χ0n) is 14.6. The van der Waals surface area contributed by atoms with Gasteiger partial charge in [0.25, 0.3) is 0 Å². The smallest absolute Gasteiger partial charge is 0.367 e. The number of Topliss-reactive ketones (excluding diaryl/α,β-unsaturated/α-hetero) is 1. The monoisotopic (exact) mass is 386 g/mol. The first kappa shape index (κ1) is 19.2. The number of carbonyl (C=O) groups is 1. The summed E-state index contributed by atoms with van der Waals surface area (Å²) in [5.41, 5.74) is 0.716.